The van der Waals surface area contributed by atoms with E-state index >= 15 is 0 Å². The third kappa shape index (κ3) is 6.04. The van der Waals surface area contributed by atoms with Crippen molar-refractivity contribution in [3.8, 4) is 0 Å². The highest BCUT2D eigenvalue weighted by Gasteiger charge is 2.18. The molecule has 1 amide bonds. The van der Waals surface area contributed by atoms with Gasteiger partial charge in [-0.15, -0.1) is 0 Å². The zero-order valence-corrected chi connectivity index (χ0v) is 10.8. The number of hydrogen-bond acceptors (Lipinski definition) is 4. The second-order valence-electron chi connectivity index (χ2n) is 3.96. The van der Waals surface area contributed by atoms with E-state index in [9.17, 15) is 13.2 Å². The number of nitrogens with two attached hydrogens (primary N) is 1. The average Bonchev–Trinajstić information content (AvgIpc) is 2.14. The van der Waals surface area contributed by atoms with Crippen LogP contribution in [0.3, 0.4) is 0 Å². The van der Waals surface area contributed by atoms with Gasteiger partial charge in [-0.3, -0.25) is 4.79 Å². The normalized spacial score (nSPS) is 13.8. The van der Waals surface area contributed by atoms with Crippen LogP contribution in [-0.2, 0) is 14.8 Å². The Labute approximate surface area is 97.0 Å². The Morgan fingerprint density at radius 2 is 1.88 bits per heavy atom. The van der Waals surface area contributed by atoms with Crippen molar-refractivity contribution in [2.24, 2.45) is 5.73 Å². The summed E-state index contributed by atoms with van der Waals surface area (Å²) in [5, 5.41) is 2.04. The van der Waals surface area contributed by atoms with E-state index in [2.05, 4.69) is 10.0 Å². The van der Waals surface area contributed by atoms with Crippen LogP contribution in [-0.4, -0.2) is 38.7 Å². The number of rotatable bonds is 7. The quantitative estimate of drug-likeness (QED) is 0.549. The summed E-state index contributed by atoms with van der Waals surface area (Å²) >= 11 is 0. The van der Waals surface area contributed by atoms with Crippen molar-refractivity contribution >= 4 is 15.9 Å². The van der Waals surface area contributed by atoms with Crippen molar-refractivity contribution in [2.75, 3.05) is 13.1 Å². The fraction of sp³-hybridized carbons (Fsp3) is 0.889. The molecule has 0 aliphatic heterocycles. The second-order valence-corrected chi connectivity index (χ2v) is 6.14. The average molecular weight is 251 g/mol. The molecular weight excluding hydrogens is 230 g/mol. The summed E-state index contributed by atoms with van der Waals surface area (Å²) < 4.78 is 25.2. The van der Waals surface area contributed by atoms with Crippen LogP contribution in [0.15, 0.2) is 0 Å². The van der Waals surface area contributed by atoms with E-state index in [-0.39, 0.29) is 31.5 Å². The number of carbonyl (C=O) groups excluding carboxylic acids is 1. The SMILES string of the molecule is CC(C)NC(=O)CCNS(=O)(=O)C(C)CN. The molecule has 0 rings (SSSR count). The second kappa shape index (κ2) is 6.82. The molecule has 0 fully saturated rings. The van der Waals surface area contributed by atoms with E-state index in [1.54, 1.807) is 0 Å². The van der Waals surface area contributed by atoms with Crippen LogP contribution in [0, 0.1) is 0 Å². The first kappa shape index (κ1) is 15.3. The van der Waals surface area contributed by atoms with Crippen molar-refractivity contribution in [1.82, 2.24) is 10.0 Å². The largest absolute Gasteiger partial charge is 0.354 e. The van der Waals surface area contributed by atoms with Crippen LogP contribution >= 0.6 is 0 Å². The van der Waals surface area contributed by atoms with E-state index in [0.717, 1.165) is 0 Å². The van der Waals surface area contributed by atoms with Crippen molar-refractivity contribution in [3.63, 3.8) is 0 Å². The van der Waals surface area contributed by atoms with Crippen LogP contribution in [0.1, 0.15) is 27.2 Å². The Balaban J connectivity index is 3.95. The molecule has 0 heterocycles. The molecule has 4 N–H and O–H groups in total. The van der Waals surface area contributed by atoms with Crippen LogP contribution in [0.5, 0.6) is 0 Å². The van der Waals surface area contributed by atoms with E-state index in [0.29, 0.717) is 0 Å². The predicted octanol–water partition coefficient (Wildman–Crippen LogP) is -0.832. The number of carbonyl (C=O) groups is 1. The third-order valence-corrected chi connectivity index (χ3v) is 3.82. The molecule has 0 bridgehead atoms. The number of hydrogen-bond donors (Lipinski definition) is 3. The monoisotopic (exact) mass is 251 g/mol. The van der Waals surface area contributed by atoms with Crippen molar-refractivity contribution in [1.29, 1.82) is 0 Å². The molecule has 0 aliphatic carbocycles. The van der Waals surface area contributed by atoms with Gasteiger partial charge >= 0.3 is 0 Å². The van der Waals surface area contributed by atoms with E-state index < -0.39 is 15.3 Å². The number of nitrogens with one attached hydrogen (secondary N) is 2. The molecule has 1 atom stereocenters. The first-order valence-corrected chi connectivity index (χ1v) is 6.82. The molecule has 0 spiro atoms. The summed E-state index contributed by atoms with van der Waals surface area (Å²) in [6.07, 6.45) is 0.134. The molecule has 1 unspecified atom stereocenters. The lowest BCUT2D eigenvalue weighted by atomic mass is 10.3. The predicted molar refractivity (Wildman–Crippen MR) is 63.3 cm³/mol. The van der Waals surface area contributed by atoms with Gasteiger partial charge in [0, 0.05) is 25.6 Å². The topological polar surface area (TPSA) is 101 Å². The van der Waals surface area contributed by atoms with Gasteiger partial charge in [-0.25, -0.2) is 13.1 Å². The first-order valence-electron chi connectivity index (χ1n) is 5.27. The van der Waals surface area contributed by atoms with Crippen molar-refractivity contribution in [3.05, 3.63) is 0 Å². The Hall–Kier alpha value is -0.660. The van der Waals surface area contributed by atoms with E-state index in [1.807, 2.05) is 13.8 Å². The van der Waals surface area contributed by atoms with Crippen LogP contribution in [0.25, 0.3) is 0 Å². The van der Waals surface area contributed by atoms with Gasteiger partial charge < -0.3 is 11.1 Å². The van der Waals surface area contributed by atoms with Crippen molar-refractivity contribution in [2.45, 2.75) is 38.5 Å². The lowest BCUT2D eigenvalue weighted by Crippen LogP contribution is -2.39. The minimum absolute atomic E-state index is 0.0621. The van der Waals surface area contributed by atoms with E-state index in [1.165, 1.54) is 6.92 Å². The number of amides is 1. The minimum atomic E-state index is -3.39. The highest BCUT2D eigenvalue weighted by molar-refractivity contribution is 7.90. The Bertz CT molecular complexity index is 314. The summed E-state index contributed by atoms with van der Waals surface area (Å²) in [6.45, 7) is 5.38. The van der Waals surface area contributed by atoms with Gasteiger partial charge in [0.05, 0.1) is 5.25 Å². The minimum Gasteiger partial charge on any atom is -0.354 e. The van der Waals surface area contributed by atoms with Crippen LogP contribution < -0.4 is 15.8 Å². The van der Waals surface area contributed by atoms with E-state index in [4.69, 9.17) is 5.73 Å². The molecule has 0 aromatic carbocycles. The molecule has 6 nitrogen and oxygen atoms in total. The van der Waals surface area contributed by atoms with Crippen LogP contribution in [0.2, 0.25) is 0 Å². The zero-order chi connectivity index (χ0) is 12.8. The highest BCUT2D eigenvalue weighted by atomic mass is 32.2. The maximum atomic E-state index is 11.4. The molecule has 0 aliphatic rings. The first-order chi connectivity index (χ1) is 7.29. The Kier molecular flexibility index (Phi) is 6.54. The zero-order valence-electron chi connectivity index (χ0n) is 9.99. The molecular formula is C9H21N3O3S. The molecule has 0 saturated heterocycles. The van der Waals surface area contributed by atoms with Gasteiger partial charge in [-0.1, -0.05) is 0 Å². The van der Waals surface area contributed by atoms with Gasteiger partial charge in [-0.05, 0) is 20.8 Å². The molecule has 0 aromatic rings. The molecule has 96 valence electrons. The van der Waals surface area contributed by atoms with Gasteiger partial charge in [0.1, 0.15) is 0 Å². The summed E-state index contributed by atoms with van der Waals surface area (Å²) in [7, 11) is -3.39. The maximum absolute atomic E-state index is 11.4. The van der Waals surface area contributed by atoms with Crippen molar-refractivity contribution < 1.29 is 13.2 Å². The van der Waals surface area contributed by atoms with Gasteiger partial charge in [-0.2, -0.15) is 0 Å². The summed E-state index contributed by atoms with van der Waals surface area (Å²) in [5.74, 6) is -0.168. The molecule has 0 radical (unpaired) electrons. The summed E-state index contributed by atoms with van der Waals surface area (Å²) in [5.41, 5.74) is 5.26. The lowest BCUT2D eigenvalue weighted by molar-refractivity contribution is -0.121. The number of sulfonamides is 1. The smallest absolute Gasteiger partial charge is 0.221 e. The van der Waals surface area contributed by atoms with Gasteiger partial charge in [0.2, 0.25) is 15.9 Å². The Morgan fingerprint density at radius 3 is 2.31 bits per heavy atom. The molecule has 0 aromatic heterocycles. The summed E-state index contributed by atoms with van der Waals surface area (Å²) in [6, 6.07) is 0.0621. The lowest BCUT2D eigenvalue weighted by Gasteiger charge is -2.12. The maximum Gasteiger partial charge on any atom is 0.221 e. The fourth-order valence-electron chi connectivity index (χ4n) is 0.970. The van der Waals surface area contributed by atoms with Gasteiger partial charge in [0.25, 0.3) is 0 Å². The van der Waals surface area contributed by atoms with Crippen LogP contribution in [0.4, 0.5) is 0 Å². The standard InChI is InChI=1S/C9H21N3O3S/c1-7(2)12-9(13)4-5-11-16(14,15)8(3)6-10/h7-8,11H,4-6,10H2,1-3H3,(H,12,13). The fourth-order valence-corrected chi connectivity index (χ4v) is 1.89. The summed E-state index contributed by atoms with van der Waals surface area (Å²) in [4.78, 5) is 11.2. The molecule has 7 heteroatoms. The third-order valence-electron chi connectivity index (χ3n) is 1.97. The molecule has 0 saturated carbocycles. The molecule has 16 heavy (non-hydrogen) atoms. The highest BCUT2D eigenvalue weighted by Crippen LogP contribution is 1.95. The Morgan fingerprint density at radius 1 is 1.31 bits per heavy atom. The van der Waals surface area contributed by atoms with Gasteiger partial charge in [0.15, 0.2) is 0 Å².